The number of urea groups is 1. The van der Waals surface area contributed by atoms with Gasteiger partial charge in [-0.15, -0.1) is 11.3 Å². The van der Waals surface area contributed by atoms with E-state index in [1.165, 1.54) is 5.56 Å². The highest BCUT2D eigenvalue weighted by Gasteiger charge is 2.33. The molecular formula is C19H23F3N4O2S. The molecule has 0 aliphatic carbocycles. The summed E-state index contributed by atoms with van der Waals surface area (Å²) in [6, 6.07) is 7.27. The molecule has 0 radical (unpaired) electrons. The van der Waals surface area contributed by atoms with Crippen molar-refractivity contribution in [3.8, 4) is 0 Å². The van der Waals surface area contributed by atoms with Crippen molar-refractivity contribution < 1.29 is 22.7 Å². The molecule has 158 valence electrons. The molecule has 2 atom stereocenters. The van der Waals surface area contributed by atoms with Crippen molar-refractivity contribution in [1.82, 2.24) is 15.2 Å². The number of rotatable bonds is 5. The van der Waals surface area contributed by atoms with Crippen LogP contribution in [-0.2, 0) is 24.0 Å². The van der Waals surface area contributed by atoms with Crippen LogP contribution in [0.15, 0.2) is 29.6 Å². The van der Waals surface area contributed by atoms with E-state index >= 15 is 0 Å². The van der Waals surface area contributed by atoms with Crippen molar-refractivity contribution >= 4 is 22.5 Å². The number of carbonyl (C=O) groups is 1. The summed E-state index contributed by atoms with van der Waals surface area (Å²) in [7, 11) is 0. The zero-order valence-corrected chi connectivity index (χ0v) is 16.9. The van der Waals surface area contributed by atoms with Gasteiger partial charge in [0.25, 0.3) is 0 Å². The Morgan fingerprint density at radius 2 is 1.83 bits per heavy atom. The summed E-state index contributed by atoms with van der Waals surface area (Å²) in [5, 5.41) is 5.70. The maximum atomic E-state index is 12.5. The Balaban J connectivity index is 1.46. The van der Waals surface area contributed by atoms with Gasteiger partial charge in [-0.2, -0.15) is 13.2 Å². The number of alkyl halides is 3. The maximum Gasteiger partial charge on any atom is 0.434 e. The van der Waals surface area contributed by atoms with E-state index in [-0.39, 0.29) is 23.9 Å². The highest BCUT2D eigenvalue weighted by Crippen LogP contribution is 2.31. The van der Waals surface area contributed by atoms with E-state index in [9.17, 15) is 18.0 Å². The molecule has 3 rings (SSSR count). The fourth-order valence-corrected chi connectivity index (χ4v) is 3.93. The van der Waals surface area contributed by atoms with E-state index in [0.717, 1.165) is 41.9 Å². The second-order valence-corrected chi connectivity index (χ2v) is 7.97. The standard InChI is InChI=1S/C19H23F3N4O2S/c1-12-8-26(9-13(2)28-12)10-15-5-3-14(4-6-15)7-23-17(27)25-18-24-16(11-29-18)19(20,21)22/h3-6,11-13H,7-10H2,1-2H3,(H2,23,24,25,27). The molecule has 29 heavy (non-hydrogen) atoms. The molecule has 2 unspecified atom stereocenters. The van der Waals surface area contributed by atoms with Crippen LogP contribution in [-0.4, -0.2) is 41.2 Å². The summed E-state index contributed by atoms with van der Waals surface area (Å²) >= 11 is 0.728. The van der Waals surface area contributed by atoms with E-state index in [0.29, 0.717) is 0 Å². The number of nitrogens with zero attached hydrogens (tertiary/aromatic N) is 2. The first-order chi connectivity index (χ1) is 13.7. The number of nitrogens with one attached hydrogen (secondary N) is 2. The van der Waals surface area contributed by atoms with Gasteiger partial charge in [0.1, 0.15) is 0 Å². The van der Waals surface area contributed by atoms with Crippen LogP contribution < -0.4 is 10.6 Å². The lowest BCUT2D eigenvalue weighted by atomic mass is 10.1. The van der Waals surface area contributed by atoms with Gasteiger partial charge in [-0.3, -0.25) is 10.2 Å². The van der Waals surface area contributed by atoms with Crippen LogP contribution in [0.25, 0.3) is 0 Å². The van der Waals surface area contributed by atoms with Gasteiger partial charge < -0.3 is 10.1 Å². The summed E-state index contributed by atoms with van der Waals surface area (Å²) in [5.41, 5.74) is 1.04. The van der Waals surface area contributed by atoms with Gasteiger partial charge in [-0.25, -0.2) is 9.78 Å². The molecule has 1 aliphatic rings. The molecule has 2 aromatic rings. The minimum Gasteiger partial charge on any atom is -0.373 e. The molecule has 10 heteroatoms. The second kappa shape index (κ2) is 9.10. The number of ether oxygens (including phenoxy) is 1. The van der Waals surface area contributed by atoms with E-state index in [1.807, 2.05) is 24.3 Å². The number of morpholine rings is 1. The zero-order chi connectivity index (χ0) is 21.0. The van der Waals surface area contributed by atoms with Crippen molar-refractivity contribution in [2.24, 2.45) is 0 Å². The average Bonchev–Trinajstić information content (AvgIpc) is 3.09. The quantitative estimate of drug-likeness (QED) is 0.753. The predicted molar refractivity (Wildman–Crippen MR) is 105 cm³/mol. The maximum absolute atomic E-state index is 12.5. The summed E-state index contributed by atoms with van der Waals surface area (Å²) in [6.45, 7) is 7.00. The third-order valence-corrected chi connectivity index (χ3v) is 5.15. The highest BCUT2D eigenvalue weighted by molar-refractivity contribution is 7.13. The Kier molecular flexibility index (Phi) is 6.76. The summed E-state index contributed by atoms with van der Waals surface area (Å²) < 4.78 is 43.3. The third kappa shape index (κ3) is 6.41. The molecular weight excluding hydrogens is 405 g/mol. The van der Waals surface area contributed by atoms with E-state index in [2.05, 4.69) is 34.4 Å². The topological polar surface area (TPSA) is 66.5 Å². The lowest BCUT2D eigenvalue weighted by molar-refractivity contribution is -0.140. The zero-order valence-electron chi connectivity index (χ0n) is 16.1. The van der Waals surface area contributed by atoms with Gasteiger partial charge in [0.2, 0.25) is 0 Å². The Bertz CT molecular complexity index is 816. The Hall–Kier alpha value is -2.17. The molecule has 0 bridgehead atoms. The third-order valence-electron chi connectivity index (χ3n) is 4.39. The first-order valence-electron chi connectivity index (χ1n) is 9.22. The summed E-state index contributed by atoms with van der Waals surface area (Å²) in [5.74, 6) is 0. The molecule has 2 heterocycles. The molecule has 2 amide bonds. The number of benzene rings is 1. The van der Waals surface area contributed by atoms with Gasteiger partial charge in [-0.05, 0) is 25.0 Å². The van der Waals surface area contributed by atoms with Gasteiger partial charge in [-0.1, -0.05) is 24.3 Å². The Morgan fingerprint density at radius 1 is 1.21 bits per heavy atom. The normalized spacial score (nSPS) is 20.4. The van der Waals surface area contributed by atoms with Crippen LogP contribution >= 0.6 is 11.3 Å². The van der Waals surface area contributed by atoms with E-state index in [4.69, 9.17) is 4.74 Å². The number of anilines is 1. The van der Waals surface area contributed by atoms with Gasteiger partial charge >= 0.3 is 12.2 Å². The first kappa shape index (κ1) is 21.5. The van der Waals surface area contributed by atoms with E-state index < -0.39 is 17.9 Å². The Labute approximate surface area is 171 Å². The molecule has 0 saturated carbocycles. The van der Waals surface area contributed by atoms with Crippen LogP contribution in [0.2, 0.25) is 0 Å². The SMILES string of the molecule is CC1CN(Cc2ccc(CNC(=O)Nc3nc(C(F)(F)F)cs3)cc2)CC(C)O1. The number of amides is 2. The smallest absolute Gasteiger partial charge is 0.373 e. The largest absolute Gasteiger partial charge is 0.434 e. The monoisotopic (exact) mass is 428 g/mol. The van der Waals surface area contributed by atoms with Crippen molar-refractivity contribution in [1.29, 1.82) is 0 Å². The van der Waals surface area contributed by atoms with Crippen LogP contribution in [0.4, 0.5) is 23.1 Å². The number of halogens is 3. The molecule has 1 aromatic heterocycles. The fraction of sp³-hybridized carbons (Fsp3) is 0.474. The minimum absolute atomic E-state index is 0.0980. The fourth-order valence-electron chi connectivity index (χ4n) is 3.22. The van der Waals surface area contributed by atoms with Gasteiger partial charge in [0.15, 0.2) is 10.8 Å². The number of thiazole rings is 1. The highest BCUT2D eigenvalue weighted by atomic mass is 32.1. The molecule has 1 aromatic carbocycles. The van der Waals surface area contributed by atoms with Gasteiger partial charge in [0.05, 0.1) is 12.2 Å². The molecule has 1 aliphatic heterocycles. The number of carbonyl (C=O) groups excluding carboxylic acids is 1. The van der Waals surface area contributed by atoms with Crippen LogP contribution in [0, 0.1) is 0 Å². The van der Waals surface area contributed by atoms with Crippen molar-refractivity contribution in [2.75, 3.05) is 18.4 Å². The van der Waals surface area contributed by atoms with Crippen LogP contribution in [0.3, 0.4) is 0 Å². The summed E-state index contributed by atoms with van der Waals surface area (Å²) in [6.07, 6.45) is -4.09. The first-order valence-corrected chi connectivity index (χ1v) is 10.1. The predicted octanol–water partition coefficient (Wildman–Crippen LogP) is 4.09. The van der Waals surface area contributed by atoms with Crippen molar-refractivity contribution in [2.45, 2.75) is 45.3 Å². The molecule has 2 N–H and O–H groups in total. The van der Waals surface area contributed by atoms with Crippen LogP contribution in [0.5, 0.6) is 0 Å². The minimum atomic E-state index is -4.52. The number of hydrogen-bond acceptors (Lipinski definition) is 5. The molecule has 1 saturated heterocycles. The number of hydrogen-bond donors (Lipinski definition) is 2. The Morgan fingerprint density at radius 3 is 2.41 bits per heavy atom. The molecule has 0 spiro atoms. The van der Waals surface area contributed by atoms with E-state index in [1.54, 1.807) is 0 Å². The van der Waals surface area contributed by atoms with Crippen LogP contribution in [0.1, 0.15) is 30.7 Å². The number of aromatic nitrogens is 1. The van der Waals surface area contributed by atoms with Crippen molar-refractivity contribution in [3.05, 3.63) is 46.5 Å². The van der Waals surface area contributed by atoms with Gasteiger partial charge in [0, 0.05) is 31.6 Å². The van der Waals surface area contributed by atoms with Crippen molar-refractivity contribution in [3.63, 3.8) is 0 Å². The molecule has 1 fully saturated rings. The second-order valence-electron chi connectivity index (χ2n) is 7.11. The lowest BCUT2D eigenvalue weighted by Gasteiger charge is -2.35. The molecule has 6 nitrogen and oxygen atoms in total. The summed E-state index contributed by atoms with van der Waals surface area (Å²) in [4.78, 5) is 17.6. The average molecular weight is 428 g/mol. The lowest BCUT2D eigenvalue weighted by Crippen LogP contribution is -2.44.